The molecule has 0 radical (unpaired) electrons. The molecule has 0 atom stereocenters. The Kier molecular flexibility index (Phi) is 3.47. The molecular weight excluding hydrogens is 260 g/mol. The fraction of sp³-hybridized carbons (Fsp3) is 0.400. The lowest BCUT2D eigenvalue weighted by Gasteiger charge is -2.03. The molecule has 19 heavy (non-hydrogen) atoms. The number of aromatic nitrogens is 2. The van der Waals surface area contributed by atoms with Gasteiger partial charge in [0.1, 0.15) is 0 Å². The molecule has 0 amide bonds. The van der Waals surface area contributed by atoms with Crippen molar-refractivity contribution in [1.29, 1.82) is 0 Å². The normalized spacial score (nSPS) is 15.0. The minimum atomic E-state index is 0.145. The van der Waals surface area contributed by atoms with Crippen LogP contribution in [0.25, 0.3) is 0 Å². The Morgan fingerprint density at radius 1 is 1.11 bits per heavy atom. The first-order valence-electron chi connectivity index (χ1n) is 6.79. The van der Waals surface area contributed by atoms with Crippen molar-refractivity contribution in [3.05, 3.63) is 56.5 Å². The summed E-state index contributed by atoms with van der Waals surface area (Å²) in [5.41, 5.74) is 3.36. The molecule has 2 aromatic rings. The minimum absolute atomic E-state index is 0.145. The van der Waals surface area contributed by atoms with Gasteiger partial charge >= 0.3 is 0 Å². The number of hydrogen-bond acceptors (Lipinski definition) is 1. The summed E-state index contributed by atoms with van der Waals surface area (Å²) in [5.74, 6) is 0. The fourth-order valence-electron chi connectivity index (χ4n) is 2.70. The molecule has 0 unspecified atom stereocenters. The summed E-state index contributed by atoms with van der Waals surface area (Å²) < 4.78 is 1.72. The molecule has 1 aromatic heterocycles. The van der Waals surface area contributed by atoms with E-state index in [4.69, 9.17) is 11.6 Å². The molecule has 1 heterocycles. The summed E-state index contributed by atoms with van der Waals surface area (Å²) in [6.07, 6.45) is 5.44. The van der Waals surface area contributed by atoms with Crippen molar-refractivity contribution in [3.8, 4) is 0 Å². The summed E-state index contributed by atoms with van der Waals surface area (Å²) >= 11 is 5.87. The molecule has 0 saturated carbocycles. The first-order valence-corrected chi connectivity index (χ1v) is 7.17. The van der Waals surface area contributed by atoms with Gasteiger partial charge in [-0.2, -0.15) is 0 Å². The number of fused-ring (bicyclic) bond motifs is 1. The van der Waals surface area contributed by atoms with E-state index in [1.54, 1.807) is 4.68 Å². The number of aryl methyl sites for hydroxylation is 1. The van der Waals surface area contributed by atoms with Crippen LogP contribution in [0.1, 0.15) is 36.1 Å². The zero-order valence-electron chi connectivity index (χ0n) is 10.8. The average molecular weight is 277 g/mol. The summed E-state index contributed by atoms with van der Waals surface area (Å²) in [6, 6.07) is 7.63. The lowest BCUT2D eigenvalue weighted by atomic mass is 10.1. The second-order valence-corrected chi connectivity index (χ2v) is 5.58. The molecule has 1 aliphatic carbocycles. The zero-order chi connectivity index (χ0) is 13.2. The van der Waals surface area contributed by atoms with E-state index in [-0.39, 0.29) is 5.56 Å². The Bertz CT molecular complexity index is 625. The van der Waals surface area contributed by atoms with Gasteiger partial charge in [0.25, 0.3) is 5.56 Å². The van der Waals surface area contributed by atoms with Gasteiger partial charge in [0.15, 0.2) is 0 Å². The summed E-state index contributed by atoms with van der Waals surface area (Å²) in [5, 5.41) is 4.00. The van der Waals surface area contributed by atoms with Crippen LogP contribution in [0.2, 0.25) is 5.02 Å². The maximum atomic E-state index is 12.3. The standard InChI is InChI=1S/C15H17ClN2O/c16-12-8-6-11(7-9-12)10-18-15(19)13-4-2-1-3-5-14(13)17-18/h6-9,17H,1-5,10H2. The molecule has 0 aliphatic heterocycles. The molecular formula is C15H17ClN2O. The van der Waals surface area contributed by atoms with Crippen LogP contribution in [0.3, 0.4) is 0 Å². The van der Waals surface area contributed by atoms with Crippen LogP contribution >= 0.6 is 11.6 Å². The van der Waals surface area contributed by atoms with E-state index in [1.165, 1.54) is 12.8 Å². The highest BCUT2D eigenvalue weighted by Gasteiger charge is 2.16. The Labute approximate surface area is 117 Å². The van der Waals surface area contributed by atoms with E-state index in [9.17, 15) is 4.79 Å². The van der Waals surface area contributed by atoms with Crippen LogP contribution in [0, 0.1) is 0 Å². The number of nitrogens with one attached hydrogen (secondary N) is 1. The van der Waals surface area contributed by atoms with Crippen molar-refractivity contribution in [2.75, 3.05) is 0 Å². The Morgan fingerprint density at radius 2 is 1.84 bits per heavy atom. The van der Waals surface area contributed by atoms with Gasteiger partial charge in [-0.05, 0) is 43.4 Å². The zero-order valence-corrected chi connectivity index (χ0v) is 11.5. The van der Waals surface area contributed by atoms with Crippen molar-refractivity contribution in [1.82, 2.24) is 9.78 Å². The third kappa shape index (κ3) is 2.61. The number of H-pyrrole nitrogens is 1. The SMILES string of the molecule is O=c1c2c([nH]n1Cc1ccc(Cl)cc1)CCCCC2. The van der Waals surface area contributed by atoms with Gasteiger partial charge < -0.3 is 0 Å². The number of rotatable bonds is 2. The van der Waals surface area contributed by atoms with Crippen molar-refractivity contribution in [3.63, 3.8) is 0 Å². The van der Waals surface area contributed by atoms with E-state index in [0.717, 1.165) is 41.1 Å². The predicted octanol–water partition coefficient (Wildman–Crippen LogP) is 3.15. The van der Waals surface area contributed by atoms with Gasteiger partial charge in [-0.1, -0.05) is 30.2 Å². The lowest BCUT2D eigenvalue weighted by Crippen LogP contribution is -2.19. The van der Waals surface area contributed by atoms with E-state index in [0.29, 0.717) is 6.54 Å². The number of halogens is 1. The highest BCUT2D eigenvalue weighted by Crippen LogP contribution is 2.16. The monoisotopic (exact) mass is 276 g/mol. The van der Waals surface area contributed by atoms with Gasteiger partial charge in [-0.3, -0.25) is 9.89 Å². The van der Waals surface area contributed by atoms with Crippen molar-refractivity contribution < 1.29 is 0 Å². The Balaban J connectivity index is 1.89. The smallest absolute Gasteiger partial charge is 0.270 e. The molecule has 1 aliphatic rings. The summed E-state index contributed by atoms with van der Waals surface area (Å²) in [4.78, 5) is 12.3. The largest absolute Gasteiger partial charge is 0.299 e. The van der Waals surface area contributed by atoms with Crippen LogP contribution in [0.4, 0.5) is 0 Å². The highest BCUT2D eigenvalue weighted by molar-refractivity contribution is 6.30. The molecule has 0 saturated heterocycles. The van der Waals surface area contributed by atoms with Gasteiger partial charge in [0.05, 0.1) is 6.54 Å². The summed E-state index contributed by atoms with van der Waals surface area (Å²) in [7, 11) is 0. The Hall–Kier alpha value is -1.48. The van der Waals surface area contributed by atoms with Crippen molar-refractivity contribution in [2.45, 2.75) is 38.6 Å². The average Bonchev–Trinajstić information content (AvgIpc) is 2.60. The van der Waals surface area contributed by atoms with E-state index >= 15 is 0 Å². The van der Waals surface area contributed by atoms with Crippen LogP contribution in [-0.4, -0.2) is 9.78 Å². The number of benzene rings is 1. The second kappa shape index (κ2) is 5.25. The van der Waals surface area contributed by atoms with Crippen molar-refractivity contribution >= 4 is 11.6 Å². The quantitative estimate of drug-likeness (QED) is 0.841. The van der Waals surface area contributed by atoms with Gasteiger partial charge in [0.2, 0.25) is 0 Å². The molecule has 0 fully saturated rings. The number of hydrogen-bond donors (Lipinski definition) is 1. The van der Waals surface area contributed by atoms with Crippen LogP contribution in [0.15, 0.2) is 29.1 Å². The first-order chi connectivity index (χ1) is 9.24. The van der Waals surface area contributed by atoms with Gasteiger partial charge in [0, 0.05) is 16.3 Å². The van der Waals surface area contributed by atoms with E-state index in [2.05, 4.69) is 5.10 Å². The molecule has 0 spiro atoms. The maximum absolute atomic E-state index is 12.3. The van der Waals surface area contributed by atoms with Crippen LogP contribution < -0.4 is 5.56 Å². The molecule has 3 nitrogen and oxygen atoms in total. The van der Waals surface area contributed by atoms with Crippen LogP contribution in [-0.2, 0) is 19.4 Å². The molecule has 1 N–H and O–H groups in total. The molecule has 3 rings (SSSR count). The maximum Gasteiger partial charge on any atom is 0.270 e. The van der Waals surface area contributed by atoms with E-state index < -0.39 is 0 Å². The van der Waals surface area contributed by atoms with Crippen LogP contribution in [0.5, 0.6) is 0 Å². The van der Waals surface area contributed by atoms with Gasteiger partial charge in [-0.15, -0.1) is 0 Å². The highest BCUT2D eigenvalue weighted by atomic mass is 35.5. The number of nitrogens with zero attached hydrogens (tertiary/aromatic N) is 1. The third-order valence-corrected chi connectivity index (χ3v) is 4.00. The molecule has 4 heteroatoms. The lowest BCUT2D eigenvalue weighted by molar-refractivity contribution is 0.630. The fourth-order valence-corrected chi connectivity index (χ4v) is 2.83. The second-order valence-electron chi connectivity index (χ2n) is 5.15. The van der Waals surface area contributed by atoms with Crippen molar-refractivity contribution in [2.24, 2.45) is 0 Å². The Morgan fingerprint density at radius 3 is 2.63 bits per heavy atom. The van der Waals surface area contributed by atoms with Gasteiger partial charge in [-0.25, -0.2) is 4.68 Å². The molecule has 100 valence electrons. The topological polar surface area (TPSA) is 37.8 Å². The predicted molar refractivity (Wildman–Crippen MR) is 76.9 cm³/mol. The molecule has 1 aromatic carbocycles. The van der Waals surface area contributed by atoms with E-state index in [1.807, 2.05) is 24.3 Å². The molecule has 0 bridgehead atoms. The first kappa shape index (κ1) is 12.5. The summed E-state index contributed by atoms with van der Waals surface area (Å²) in [6.45, 7) is 0.586. The number of aromatic amines is 1. The third-order valence-electron chi connectivity index (χ3n) is 3.75. The minimum Gasteiger partial charge on any atom is -0.299 e.